The molecule has 144 valence electrons. The van der Waals surface area contributed by atoms with Crippen molar-refractivity contribution < 1.29 is 0 Å². The summed E-state index contributed by atoms with van der Waals surface area (Å²) in [6.45, 7) is 4.90. The van der Waals surface area contributed by atoms with Gasteiger partial charge in [-0.2, -0.15) is 5.10 Å². The van der Waals surface area contributed by atoms with Gasteiger partial charge in [0.1, 0.15) is 10.8 Å². The predicted molar refractivity (Wildman–Crippen MR) is 112 cm³/mol. The summed E-state index contributed by atoms with van der Waals surface area (Å²) < 4.78 is 1.82. The van der Waals surface area contributed by atoms with Gasteiger partial charge < -0.3 is 10.6 Å². The van der Waals surface area contributed by atoms with E-state index in [-0.39, 0.29) is 0 Å². The SMILES string of the molecule is CNCc1nn(C)cc1-c1cnc2ccc(Nc3nnc(C(C)C)s3)nc2c1. The Bertz CT molecular complexity index is 1110. The molecule has 4 rings (SSSR count). The van der Waals surface area contributed by atoms with Gasteiger partial charge in [-0.3, -0.25) is 9.67 Å². The molecule has 0 radical (unpaired) electrons. The number of pyridine rings is 2. The number of hydrogen-bond acceptors (Lipinski definition) is 8. The second-order valence-corrected chi connectivity index (χ2v) is 7.89. The fraction of sp³-hybridized carbons (Fsp3) is 0.316. The molecule has 4 aromatic rings. The maximum Gasteiger partial charge on any atom is 0.211 e. The van der Waals surface area contributed by atoms with Gasteiger partial charge in [-0.05, 0) is 25.2 Å². The number of aryl methyl sites for hydroxylation is 1. The Labute approximate surface area is 167 Å². The van der Waals surface area contributed by atoms with Crippen molar-refractivity contribution in [3.8, 4) is 11.1 Å². The Morgan fingerprint density at radius 2 is 2.04 bits per heavy atom. The standard InChI is InChI=1S/C19H22N8S/c1-11(2)18-24-25-19(28-18)23-17-6-5-14-15(22-17)7-12(8-21-14)13-10-27(4)26-16(13)9-20-3/h5-8,10-11,20H,9H2,1-4H3,(H,22,23,25). The lowest BCUT2D eigenvalue weighted by Gasteiger charge is -2.06. The summed E-state index contributed by atoms with van der Waals surface area (Å²) in [5.41, 5.74) is 4.69. The average molecular weight is 395 g/mol. The van der Waals surface area contributed by atoms with Crippen LogP contribution in [-0.4, -0.2) is 37.0 Å². The Morgan fingerprint density at radius 3 is 2.79 bits per heavy atom. The van der Waals surface area contributed by atoms with Gasteiger partial charge in [-0.25, -0.2) is 4.98 Å². The molecule has 0 aliphatic heterocycles. The van der Waals surface area contributed by atoms with E-state index in [1.54, 1.807) is 11.3 Å². The van der Waals surface area contributed by atoms with Crippen LogP contribution in [0.15, 0.2) is 30.6 Å². The van der Waals surface area contributed by atoms with Gasteiger partial charge in [0.15, 0.2) is 0 Å². The van der Waals surface area contributed by atoms with Gasteiger partial charge in [0.25, 0.3) is 0 Å². The molecule has 9 heteroatoms. The van der Waals surface area contributed by atoms with Crippen LogP contribution in [0.25, 0.3) is 22.2 Å². The molecule has 0 saturated carbocycles. The minimum absolute atomic E-state index is 0.357. The first-order chi connectivity index (χ1) is 13.5. The lowest BCUT2D eigenvalue weighted by atomic mass is 10.1. The summed E-state index contributed by atoms with van der Waals surface area (Å²) in [5.74, 6) is 1.08. The van der Waals surface area contributed by atoms with Crippen molar-refractivity contribution in [2.75, 3.05) is 12.4 Å². The minimum atomic E-state index is 0.357. The van der Waals surface area contributed by atoms with Crippen LogP contribution in [0.5, 0.6) is 0 Å². The highest BCUT2D eigenvalue weighted by Crippen LogP contribution is 2.27. The smallest absolute Gasteiger partial charge is 0.211 e. The zero-order valence-corrected chi connectivity index (χ0v) is 17.1. The lowest BCUT2D eigenvalue weighted by Crippen LogP contribution is -2.07. The van der Waals surface area contributed by atoms with E-state index in [9.17, 15) is 0 Å². The van der Waals surface area contributed by atoms with Crippen molar-refractivity contribution in [2.45, 2.75) is 26.3 Å². The molecule has 0 fully saturated rings. The first-order valence-corrected chi connectivity index (χ1v) is 9.90. The number of nitrogens with one attached hydrogen (secondary N) is 2. The third kappa shape index (κ3) is 3.71. The molecule has 0 unspecified atom stereocenters. The van der Waals surface area contributed by atoms with Crippen LogP contribution in [0.3, 0.4) is 0 Å². The summed E-state index contributed by atoms with van der Waals surface area (Å²) in [5, 5.41) is 21.1. The average Bonchev–Trinajstić information content (AvgIpc) is 3.28. The molecule has 0 bridgehead atoms. The Kier molecular flexibility index (Phi) is 5.01. The van der Waals surface area contributed by atoms with Crippen molar-refractivity contribution in [1.82, 2.24) is 35.3 Å². The van der Waals surface area contributed by atoms with E-state index in [1.165, 1.54) is 0 Å². The molecule has 0 spiro atoms. The summed E-state index contributed by atoms with van der Waals surface area (Å²) in [4.78, 5) is 9.29. The fourth-order valence-electron chi connectivity index (χ4n) is 2.93. The summed E-state index contributed by atoms with van der Waals surface area (Å²) in [6, 6.07) is 5.90. The Hall–Kier alpha value is -2.91. The monoisotopic (exact) mass is 394 g/mol. The third-order valence-electron chi connectivity index (χ3n) is 4.27. The Balaban J connectivity index is 1.67. The van der Waals surface area contributed by atoms with E-state index < -0.39 is 0 Å². The van der Waals surface area contributed by atoms with E-state index in [2.05, 4.69) is 44.8 Å². The molecule has 4 heterocycles. The first-order valence-electron chi connectivity index (χ1n) is 9.08. The molecule has 8 nitrogen and oxygen atoms in total. The summed E-state index contributed by atoms with van der Waals surface area (Å²) >= 11 is 1.54. The largest absolute Gasteiger partial charge is 0.315 e. The summed E-state index contributed by atoms with van der Waals surface area (Å²) in [6.07, 6.45) is 3.87. The number of hydrogen-bond donors (Lipinski definition) is 2. The quantitative estimate of drug-likeness (QED) is 0.517. The van der Waals surface area contributed by atoms with Crippen LogP contribution in [0.4, 0.5) is 10.9 Å². The second kappa shape index (κ2) is 7.61. The Morgan fingerprint density at radius 1 is 1.18 bits per heavy atom. The predicted octanol–water partition coefficient (Wildman–Crippen LogP) is 3.47. The maximum absolute atomic E-state index is 4.72. The van der Waals surface area contributed by atoms with Crippen molar-refractivity contribution in [3.63, 3.8) is 0 Å². The van der Waals surface area contributed by atoms with Crippen LogP contribution in [0.1, 0.15) is 30.5 Å². The van der Waals surface area contributed by atoms with Crippen LogP contribution in [0.2, 0.25) is 0 Å². The molecular formula is C19H22N8S. The molecule has 28 heavy (non-hydrogen) atoms. The number of anilines is 2. The van der Waals surface area contributed by atoms with Gasteiger partial charge in [0.05, 0.1) is 16.7 Å². The van der Waals surface area contributed by atoms with Crippen LogP contribution in [0, 0.1) is 0 Å². The molecule has 0 aromatic carbocycles. The fourth-order valence-corrected chi connectivity index (χ4v) is 3.68. The number of nitrogens with zero attached hydrogens (tertiary/aromatic N) is 6. The zero-order valence-electron chi connectivity index (χ0n) is 16.3. The van der Waals surface area contributed by atoms with Gasteiger partial charge in [-0.1, -0.05) is 25.2 Å². The molecular weight excluding hydrogens is 372 g/mol. The molecule has 0 amide bonds. The van der Waals surface area contributed by atoms with Crippen molar-refractivity contribution >= 4 is 33.3 Å². The van der Waals surface area contributed by atoms with Crippen molar-refractivity contribution in [3.05, 3.63) is 41.3 Å². The van der Waals surface area contributed by atoms with Crippen molar-refractivity contribution in [1.29, 1.82) is 0 Å². The maximum atomic E-state index is 4.72. The highest BCUT2D eigenvalue weighted by Gasteiger charge is 2.12. The van der Waals surface area contributed by atoms with E-state index in [0.29, 0.717) is 12.5 Å². The van der Waals surface area contributed by atoms with Crippen LogP contribution < -0.4 is 10.6 Å². The van der Waals surface area contributed by atoms with Crippen molar-refractivity contribution in [2.24, 2.45) is 7.05 Å². The lowest BCUT2D eigenvalue weighted by molar-refractivity contribution is 0.712. The molecule has 4 aromatic heterocycles. The molecule has 0 atom stereocenters. The van der Waals surface area contributed by atoms with Gasteiger partial charge in [-0.15, -0.1) is 10.2 Å². The summed E-state index contributed by atoms with van der Waals surface area (Å²) in [7, 11) is 3.83. The van der Waals surface area contributed by atoms with E-state index in [1.807, 2.05) is 49.4 Å². The van der Waals surface area contributed by atoms with Gasteiger partial charge >= 0.3 is 0 Å². The zero-order chi connectivity index (χ0) is 19.7. The highest BCUT2D eigenvalue weighted by atomic mass is 32.1. The molecule has 0 aliphatic carbocycles. The minimum Gasteiger partial charge on any atom is -0.315 e. The topological polar surface area (TPSA) is 93.4 Å². The number of fused-ring (bicyclic) bond motifs is 1. The first kappa shape index (κ1) is 18.5. The van der Waals surface area contributed by atoms with E-state index in [0.717, 1.165) is 43.8 Å². The second-order valence-electron chi connectivity index (χ2n) is 6.88. The third-order valence-corrected chi connectivity index (χ3v) is 5.41. The van der Waals surface area contributed by atoms with Crippen LogP contribution >= 0.6 is 11.3 Å². The number of aromatic nitrogens is 6. The molecule has 0 saturated heterocycles. The van der Waals surface area contributed by atoms with Crippen LogP contribution in [-0.2, 0) is 13.6 Å². The highest BCUT2D eigenvalue weighted by molar-refractivity contribution is 7.15. The van der Waals surface area contributed by atoms with E-state index >= 15 is 0 Å². The molecule has 2 N–H and O–H groups in total. The van der Waals surface area contributed by atoms with Gasteiger partial charge in [0, 0.05) is 43.0 Å². The normalized spacial score (nSPS) is 11.5. The number of rotatable bonds is 6. The van der Waals surface area contributed by atoms with E-state index in [4.69, 9.17) is 4.98 Å². The molecule has 0 aliphatic rings. The van der Waals surface area contributed by atoms with Gasteiger partial charge in [0.2, 0.25) is 5.13 Å².